The van der Waals surface area contributed by atoms with Gasteiger partial charge in [0.05, 0.1) is 6.42 Å². The van der Waals surface area contributed by atoms with Crippen LogP contribution in [0.3, 0.4) is 0 Å². The van der Waals surface area contributed by atoms with Crippen molar-refractivity contribution in [3.8, 4) is 23.0 Å². The molecule has 130 valence electrons. The third kappa shape index (κ3) is 3.14. The average Bonchev–Trinajstić information content (AvgIpc) is 2.63. The van der Waals surface area contributed by atoms with Gasteiger partial charge in [0.1, 0.15) is 23.0 Å². The van der Waals surface area contributed by atoms with Crippen molar-refractivity contribution in [3.63, 3.8) is 0 Å². The van der Waals surface area contributed by atoms with Gasteiger partial charge in [-0.05, 0) is 42.3 Å². The standard InChI is InChI=1S/C22H18O4/c1-14-4-2-3-5-20(14)25-17-9-6-15(7-10-17)19-13-22(24)26-21-12-16(23)8-11-18(19)21/h2-12,19,23H,13H2,1H3. The molecule has 3 aromatic rings. The van der Waals surface area contributed by atoms with Gasteiger partial charge in [-0.25, -0.2) is 0 Å². The fourth-order valence-corrected chi connectivity index (χ4v) is 3.20. The summed E-state index contributed by atoms with van der Waals surface area (Å²) in [6, 6.07) is 20.5. The number of hydrogen-bond acceptors (Lipinski definition) is 4. The molecule has 0 aliphatic carbocycles. The van der Waals surface area contributed by atoms with E-state index in [1.165, 1.54) is 6.07 Å². The number of carbonyl (C=O) groups is 1. The normalized spacial score (nSPS) is 15.9. The number of rotatable bonds is 3. The molecule has 0 spiro atoms. The smallest absolute Gasteiger partial charge is 0.312 e. The highest BCUT2D eigenvalue weighted by molar-refractivity contribution is 5.78. The molecule has 0 bridgehead atoms. The van der Waals surface area contributed by atoms with Crippen LogP contribution < -0.4 is 9.47 Å². The molecular formula is C22H18O4. The molecule has 3 aromatic carbocycles. The van der Waals surface area contributed by atoms with Crippen molar-refractivity contribution in [1.82, 2.24) is 0 Å². The fraction of sp³-hybridized carbons (Fsp3) is 0.136. The summed E-state index contributed by atoms with van der Waals surface area (Å²) in [7, 11) is 0. The molecule has 4 heteroatoms. The predicted molar refractivity (Wildman–Crippen MR) is 97.9 cm³/mol. The quantitative estimate of drug-likeness (QED) is 0.539. The third-order valence-corrected chi connectivity index (χ3v) is 4.57. The van der Waals surface area contributed by atoms with E-state index in [2.05, 4.69) is 0 Å². The minimum Gasteiger partial charge on any atom is -0.508 e. The lowest BCUT2D eigenvalue weighted by Crippen LogP contribution is -2.20. The van der Waals surface area contributed by atoms with E-state index in [0.717, 1.165) is 28.2 Å². The summed E-state index contributed by atoms with van der Waals surface area (Å²) in [6.07, 6.45) is 0.274. The summed E-state index contributed by atoms with van der Waals surface area (Å²) in [6.45, 7) is 2.00. The molecule has 0 fully saturated rings. The van der Waals surface area contributed by atoms with Gasteiger partial charge in [0.25, 0.3) is 0 Å². The number of ether oxygens (including phenoxy) is 2. The van der Waals surface area contributed by atoms with E-state index in [1.54, 1.807) is 12.1 Å². The second-order valence-electron chi connectivity index (χ2n) is 6.39. The molecule has 4 rings (SSSR count). The van der Waals surface area contributed by atoms with Crippen molar-refractivity contribution in [2.75, 3.05) is 0 Å². The number of benzene rings is 3. The first-order valence-electron chi connectivity index (χ1n) is 8.47. The van der Waals surface area contributed by atoms with Crippen LogP contribution in [0.4, 0.5) is 0 Å². The van der Waals surface area contributed by atoms with Crippen LogP contribution in [0.2, 0.25) is 0 Å². The Morgan fingerprint density at radius 3 is 2.58 bits per heavy atom. The van der Waals surface area contributed by atoms with E-state index in [0.29, 0.717) is 5.75 Å². The van der Waals surface area contributed by atoms with Crippen LogP contribution in [0.15, 0.2) is 66.7 Å². The lowest BCUT2D eigenvalue weighted by atomic mass is 9.86. The predicted octanol–water partition coefficient (Wildman–Crippen LogP) is 4.93. The molecule has 1 N–H and O–H groups in total. The average molecular weight is 346 g/mol. The number of fused-ring (bicyclic) bond motifs is 1. The number of aromatic hydroxyl groups is 1. The molecule has 1 aliphatic heterocycles. The van der Waals surface area contributed by atoms with Crippen molar-refractivity contribution in [2.45, 2.75) is 19.3 Å². The Labute approximate surface area is 151 Å². The fourth-order valence-electron chi connectivity index (χ4n) is 3.20. The van der Waals surface area contributed by atoms with Crippen LogP contribution >= 0.6 is 0 Å². The second-order valence-corrected chi connectivity index (χ2v) is 6.39. The van der Waals surface area contributed by atoms with E-state index in [1.807, 2.05) is 55.5 Å². The SMILES string of the molecule is Cc1ccccc1Oc1ccc(C2CC(=O)Oc3cc(O)ccc32)cc1. The van der Waals surface area contributed by atoms with Gasteiger partial charge >= 0.3 is 5.97 Å². The molecule has 4 nitrogen and oxygen atoms in total. The molecule has 1 heterocycles. The lowest BCUT2D eigenvalue weighted by molar-refractivity contribution is -0.135. The highest BCUT2D eigenvalue weighted by Crippen LogP contribution is 2.40. The first-order chi connectivity index (χ1) is 12.6. The molecule has 1 unspecified atom stereocenters. The molecule has 26 heavy (non-hydrogen) atoms. The summed E-state index contributed by atoms with van der Waals surface area (Å²) in [5, 5.41) is 9.62. The van der Waals surface area contributed by atoms with Gasteiger partial charge in [-0.3, -0.25) is 4.79 Å². The first-order valence-corrected chi connectivity index (χ1v) is 8.47. The van der Waals surface area contributed by atoms with E-state index >= 15 is 0 Å². The van der Waals surface area contributed by atoms with Crippen molar-refractivity contribution in [3.05, 3.63) is 83.4 Å². The zero-order chi connectivity index (χ0) is 18.1. The number of hydrogen-bond donors (Lipinski definition) is 1. The number of esters is 1. The number of phenols is 1. The maximum Gasteiger partial charge on any atom is 0.312 e. The molecule has 1 atom stereocenters. The van der Waals surface area contributed by atoms with Gasteiger partial charge in [-0.2, -0.15) is 0 Å². The van der Waals surface area contributed by atoms with Crippen LogP contribution in [0.5, 0.6) is 23.0 Å². The maximum absolute atomic E-state index is 11.9. The number of carbonyl (C=O) groups excluding carboxylic acids is 1. The summed E-state index contributed by atoms with van der Waals surface area (Å²) >= 11 is 0. The van der Waals surface area contributed by atoms with Crippen LogP contribution in [-0.4, -0.2) is 11.1 Å². The molecule has 1 aliphatic rings. The highest BCUT2D eigenvalue weighted by atomic mass is 16.5. The summed E-state index contributed by atoms with van der Waals surface area (Å²) in [4.78, 5) is 11.9. The van der Waals surface area contributed by atoms with Crippen molar-refractivity contribution < 1.29 is 19.4 Å². The summed E-state index contributed by atoms with van der Waals surface area (Å²) < 4.78 is 11.2. The van der Waals surface area contributed by atoms with Crippen LogP contribution in [0.1, 0.15) is 29.0 Å². The molecule has 0 amide bonds. The topological polar surface area (TPSA) is 55.8 Å². The third-order valence-electron chi connectivity index (χ3n) is 4.57. The van der Waals surface area contributed by atoms with Gasteiger partial charge in [0, 0.05) is 17.5 Å². The van der Waals surface area contributed by atoms with Gasteiger partial charge in [-0.15, -0.1) is 0 Å². The van der Waals surface area contributed by atoms with Gasteiger partial charge < -0.3 is 14.6 Å². The minimum absolute atomic E-state index is 0.0826. The van der Waals surface area contributed by atoms with Crippen molar-refractivity contribution in [2.24, 2.45) is 0 Å². The van der Waals surface area contributed by atoms with Gasteiger partial charge in [-0.1, -0.05) is 36.4 Å². The Morgan fingerprint density at radius 2 is 1.81 bits per heavy atom. The van der Waals surface area contributed by atoms with E-state index in [-0.39, 0.29) is 24.1 Å². The Morgan fingerprint density at radius 1 is 1.04 bits per heavy atom. The Hall–Kier alpha value is -3.27. The first kappa shape index (κ1) is 16.2. The zero-order valence-corrected chi connectivity index (χ0v) is 14.3. The van der Waals surface area contributed by atoms with E-state index in [4.69, 9.17) is 9.47 Å². The minimum atomic E-state index is -0.298. The molecule has 0 radical (unpaired) electrons. The van der Waals surface area contributed by atoms with E-state index in [9.17, 15) is 9.90 Å². The number of phenolic OH excluding ortho intramolecular Hbond substituents is 1. The van der Waals surface area contributed by atoms with Gasteiger partial charge in [0.15, 0.2) is 0 Å². The molecular weight excluding hydrogens is 328 g/mol. The Balaban J connectivity index is 1.61. The largest absolute Gasteiger partial charge is 0.508 e. The Bertz CT molecular complexity index is 960. The highest BCUT2D eigenvalue weighted by Gasteiger charge is 2.28. The number of aryl methyl sites for hydroxylation is 1. The second kappa shape index (κ2) is 6.56. The van der Waals surface area contributed by atoms with Crippen LogP contribution in [0.25, 0.3) is 0 Å². The van der Waals surface area contributed by atoms with Crippen LogP contribution in [-0.2, 0) is 4.79 Å². The molecule has 0 aromatic heterocycles. The van der Waals surface area contributed by atoms with Crippen molar-refractivity contribution in [1.29, 1.82) is 0 Å². The number of para-hydroxylation sites is 1. The lowest BCUT2D eigenvalue weighted by Gasteiger charge is -2.25. The maximum atomic E-state index is 11.9. The van der Waals surface area contributed by atoms with E-state index < -0.39 is 0 Å². The monoisotopic (exact) mass is 346 g/mol. The zero-order valence-electron chi connectivity index (χ0n) is 14.3. The van der Waals surface area contributed by atoms with Gasteiger partial charge in [0.2, 0.25) is 0 Å². The van der Waals surface area contributed by atoms with Crippen LogP contribution in [0, 0.1) is 6.92 Å². The Kier molecular flexibility index (Phi) is 4.09. The van der Waals surface area contributed by atoms with Crippen molar-refractivity contribution >= 4 is 5.97 Å². The summed E-state index contributed by atoms with van der Waals surface area (Å²) in [5.74, 6) is 1.67. The molecule has 0 saturated carbocycles. The molecule has 0 saturated heterocycles. The summed E-state index contributed by atoms with van der Waals surface area (Å²) in [5.41, 5.74) is 2.97.